The molecule has 9 nitrogen and oxygen atoms in total. The van der Waals surface area contributed by atoms with Crippen molar-refractivity contribution in [1.82, 2.24) is 9.88 Å². The number of ether oxygens (including phenoxy) is 3. The van der Waals surface area contributed by atoms with E-state index in [1.54, 1.807) is 16.7 Å². The fourth-order valence-electron chi connectivity index (χ4n) is 3.41. The Labute approximate surface area is 189 Å². The standard InChI is InChI=1S/C22H25ClN2O7/c1-12(2)17-11-32-19-9-20(30-5-4-6-31-22(29)24-3)15(23)7-13(19)16-8-18(26)14(21(27)28)10-25(16)17/h7-10,12,17H,4-6,11H2,1-3H3,(H,24,29)(H,27,28)/t17-/m0/s1. The van der Waals surface area contributed by atoms with Gasteiger partial charge in [0.2, 0.25) is 0 Å². The molecule has 0 spiro atoms. The Morgan fingerprint density at radius 3 is 2.72 bits per heavy atom. The number of halogens is 1. The number of fused-ring (bicyclic) bond motifs is 3. The van der Waals surface area contributed by atoms with Crippen LogP contribution in [-0.4, -0.2) is 48.6 Å². The second-order valence-electron chi connectivity index (χ2n) is 7.64. The summed E-state index contributed by atoms with van der Waals surface area (Å²) < 4.78 is 18.4. The number of rotatable bonds is 7. The highest BCUT2D eigenvalue weighted by atomic mass is 35.5. The molecule has 2 N–H and O–H groups in total. The van der Waals surface area contributed by atoms with Gasteiger partial charge in [-0.2, -0.15) is 0 Å². The fraction of sp³-hybridized carbons (Fsp3) is 0.409. The molecule has 32 heavy (non-hydrogen) atoms. The van der Waals surface area contributed by atoms with Gasteiger partial charge in [0, 0.05) is 37.4 Å². The van der Waals surface area contributed by atoms with Crippen LogP contribution in [0.1, 0.15) is 36.7 Å². The summed E-state index contributed by atoms with van der Waals surface area (Å²) in [6.07, 6.45) is 1.32. The summed E-state index contributed by atoms with van der Waals surface area (Å²) in [6, 6.07) is 4.40. The van der Waals surface area contributed by atoms with Crippen molar-refractivity contribution in [2.45, 2.75) is 26.3 Å². The van der Waals surface area contributed by atoms with Crippen molar-refractivity contribution < 1.29 is 28.9 Å². The van der Waals surface area contributed by atoms with Crippen molar-refractivity contribution in [3.63, 3.8) is 0 Å². The average Bonchev–Trinajstić information content (AvgIpc) is 2.89. The minimum absolute atomic E-state index is 0.110. The first-order valence-corrected chi connectivity index (χ1v) is 10.5. The topological polar surface area (TPSA) is 116 Å². The number of alkyl carbamates (subject to hydrolysis) is 1. The van der Waals surface area contributed by atoms with E-state index in [-0.39, 0.29) is 37.3 Å². The molecule has 1 amide bonds. The molecular formula is C22H25ClN2O7. The van der Waals surface area contributed by atoms with Crippen LogP contribution in [0.15, 0.2) is 29.2 Å². The zero-order valence-electron chi connectivity index (χ0n) is 18.0. The smallest absolute Gasteiger partial charge is 0.406 e. The first kappa shape index (κ1) is 23.5. The molecule has 0 saturated carbocycles. The maximum atomic E-state index is 12.4. The van der Waals surface area contributed by atoms with Crippen LogP contribution in [0.5, 0.6) is 11.5 Å². The molecule has 0 aliphatic carbocycles. The van der Waals surface area contributed by atoms with E-state index in [1.807, 2.05) is 13.8 Å². The number of aromatic nitrogens is 1. The van der Waals surface area contributed by atoms with Gasteiger partial charge in [-0.15, -0.1) is 0 Å². The van der Waals surface area contributed by atoms with Crippen LogP contribution in [0.3, 0.4) is 0 Å². The number of carbonyl (C=O) groups excluding carboxylic acids is 1. The van der Waals surface area contributed by atoms with Gasteiger partial charge in [-0.3, -0.25) is 4.79 Å². The van der Waals surface area contributed by atoms with Gasteiger partial charge in [0.15, 0.2) is 5.43 Å². The molecule has 1 aromatic carbocycles. The van der Waals surface area contributed by atoms with E-state index in [1.165, 1.54) is 19.3 Å². The van der Waals surface area contributed by atoms with Crippen molar-refractivity contribution in [3.05, 3.63) is 45.2 Å². The molecule has 0 saturated heterocycles. The van der Waals surface area contributed by atoms with E-state index in [9.17, 15) is 19.5 Å². The highest BCUT2D eigenvalue weighted by Gasteiger charge is 2.28. The molecule has 1 aliphatic heterocycles. The third kappa shape index (κ3) is 4.99. The lowest BCUT2D eigenvalue weighted by Gasteiger charge is -2.24. The van der Waals surface area contributed by atoms with Crippen LogP contribution in [0.25, 0.3) is 11.3 Å². The first-order valence-electron chi connectivity index (χ1n) is 10.2. The van der Waals surface area contributed by atoms with Gasteiger partial charge >= 0.3 is 12.1 Å². The zero-order chi connectivity index (χ0) is 23.4. The molecule has 0 radical (unpaired) electrons. The van der Waals surface area contributed by atoms with Crippen LogP contribution in [0, 0.1) is 5.92 Å². The number of hydrogen-bond donors (Lipinski definition) is 2. The molecule has 0 unspecified atom stereocenters. The number of pyridine rings is 1. The average molecular weight is 465 g/mol. The normalized spacial score (nSPS) is 14.6. The summed E-state index contributed by atoms with van der Waals surface area (Å²) in [5.74, 6) is -0.297. The van der Waals surface area contributed by atoms with Crippen LogP contribution in [-0.2, 0) is 4.74 Å². The van der Waals surface area contributed by atoms with Crippen LogP contribution in [0.2, 0.25) is 5.02 Å². The summed E-state index contributed by atoms with van der Waals surface area (Å²) in [4.78, 5) is 35.0. The summed E-state index contributed by atoms with van der Waals surface area (Å²) >= 11 is 6.43. The van der Waals surface area contributed by atoms with Gasteiger partial charge in [0.05, 0.1) is 30.0 Å². The number of aromatic carboxylic acids is 1. The molecule has 0 bridgehead atoms. The van der Waals surface area contributed by atoms with E-state index in [4.69, 9.17) is 25.8 Å². The van der Waals surface area contributed by atoms with Gasteiger partial charge < -0.3 is 29.2 Å². The molecule has 1 aliphatic rings. The molecular weight excluding hydrogens is 440 g/mol. The predicted molar refractivity (Wildman–Crippen MR) is 118 cm³/mol. The van der Waals surface area contributed by atoms with Crippen molar-refractivity contribution in [2.24, 2.45) is 5.92 Å². The second kappa shape index (κ2) is 9.95. The predicted octanol–water partition coefficient (Wildman–Crippen LogP) is 3.58. The highest BCUT2D eigenvalue weighted by Crippen LogP contribution is 2.42. The van der Waals surface area contributed by atoms with Crippen molar-refractivity contribution in [1.29, 1.82) is 0 Å². The van der Waals surface area contributed by atoms with E-state index in [0.29, 0.717) is 34.2 Å². The molecule has 1 aromatic heterocycles. The highest BCUT2D eigenvalue weighted by molar-refractivity contribution is 6.32. The number of nitrogens with one attached hydrogen (secondary N) is 1. The molecule has 2 heterocycles. The number of nitrogens with zero attached hydrogens (tertiary/aromatic N) is 1. The summed E-state index contributed by atoms with van der Waals surface area (Å²) in [7, 11) is 1.48. The quantitative estimate of drug-likeness (QED) is 0.601. The first-order chi connectivity index (χ1) is 15.2. The Kier molecular flexibility index (Phi) is 7.29. The minimum atomic E-state index is -1.28. The monoisotopic (exact) mass is 464 g/mol. The van der Waals surface area contributed by atoms with E-state index in [2.05, 4.69) is 5.32 Å². The summed E-state index contributed by atoms with van der Waals surface area (Å²) in [6.45, 7) is 4.73. The molecule has 0 fully saturated rings. The largest absolute Gasteiger partial charge is 0.492 e. The van der Waals surface area contributed by atoms with Crippen molar-refractivity contribution in [3.8, 4) is 22.8 Å². The van der Waals surface area contributed by atoms with Gasteiger partial charge in [-0.05, 0) is 12.0 Å². The van der Waals surface area contributed by atoms with E-state index < -0.39 is 17.5 Å². The van der Waals surface area contributed by atoms with Gasteiger partial charge in [-0.25, -0.2) is 9.59 Å². The molecule has 1 atom stereocenters. The Morgan fingerprint density at radius 2 is 2.06 bits per heavy atom. The van der Waals surface area contributed by atoms with Crippen LogP contribution in [0.4, 0.5) is 4.79 Å². The fourth-order valence-corrected chi connectivity index (χ4v) is 3.63. The lowest BCUT2D eigenvalue weighted by Crippen LogP contribution is -2.25. The van der Waals surface area contributed by atoms with Crippen molar-refractivity contribution >= 4 is 23.7 Å². The number of hydrogen-bond acceptors (Lipinski definition) is 6. The summed E-state index contributed by atoms with van der Waals surface area (Å²) in [5.41, 5.74) is 0.209. The second-order valence-corrected chi connectivity index (χ2v) is 8.05. The third-order valence-electron chi connectivity index (χ3n) is 5.14. The van der Waals surface area contributed by atoms with Crippen molar-refractivity contribution in [2.75, 3.05) is 26.9 Å². The number of carbonyl (C=O) groups is 2. The number of benzene rings is 1. The summed E-state index contributed by atoms with van der Waals surface area (Å²) in [5, 5.41) is 12.1. The van der Waals surface area contributed by atoms with E-state index in [0.717, 1.165) is 0 Å². The molecule has 172 valence electrons. The molecule has 10 heteroatoms. The molecule has 2 aromatic rings. The maximum absolute atomic E-state index is 12.4. The van der Waals surface area contributed by atoms with Gasteiger partial charge in [0.25, 0.3) is 0 Å². The van der Waals surface area contributed by atoms with Gasteiger partial charge in [0.1, 0.15) is 23.7 Å². The Morgan fingerprint density at radius 1 is 1.31 bits per heavy atom. The maximum Gasteiger partial charge on any atom is 0.406 e. The van der Waals surface area contributed by atoms with Crippen LogP contribution >= 0.6 is 11.6 Å². The SMILES string of the molecule is CNC(=O)OCCCOc1cc2c(cc1Cl)-c1cc(=O)c(C(=O)O)cn1[C@H](C(C)C)CO2. The lowest BCUT2D eigenvalue weighted by molar-refractivity contribution is 0.0693. The Bertz CT molecular complexity index is 1080. The van der Waals surface area contributed by atoms with Crippen LogP contribution < -0.4 is 20.2 Å². The van der Waals surface area contributed by atoms with E-state index >= 15 is 0 Å². The third-order valence-corrected chi connectivity index (χ3v) is 5.44. The minimum Gasteiger partial charge on any atom is -0.492 e. The Balaban J connectivity index is 1.92. The number of carboxylic acids is 1. The number of carboxylic acid groups (broad SMARTS) is 1. The van der Waals surface area contributed by atoms with Gasteiger partial charge in [-0.1, -0.05) is 25.4 Å². The lowest BCUT2D eigenvalue weighted by atomic mass is 10.0. The zero-order valence-corrected chi connectivity index (χ0v) is 18.8. The molecule has 3 rings (SSSR count). The number of amides is 1. The Hall–Kier alpha value is -3.20.